The van der Waals surface area contributed by atoms with Crippen molar-refractivity contribution in [3.05, 3.63) is 35.6 Å². The first-order valence-corrected chi connectivity index (χ1v) is 6.80. The molecule has 102 valence electrons. The standard InChI is InChI=1S/C15H18FNO2/c1-19-14-8-12-5-6-13(9-14)17(12)15(18)10-3-2-4-11(16)7-10/h2-4,7,12-14H,5-6,8-9H2,1H3. The van der Waals surface area contributed by atoms with Crippen molar-refractivity contribution in [1.82, 2.24) is 4.90 Å². The molecule has 1 aromatic rings. The fraction of sp³-hybridized carbons (Fsp3) is 0.533. The Morgan fingerprint density at radius 1 is 1.32 bits per heavy atom. The summed E-state index contributed by atoms with van der Waals surface area (Å²) in [6.07, 6.45) is 4.12. The van der Waals surface area contributed by atoms with E-state index in [9.17, 15) is 9.18 Å². The topological polar surface area (TPSA) is 29.5 Å². The van der Waals surface area contributed by atoms with E-state index in [1.165, 1.54) is 12.1 Å². The van der Waals surface area contributed by atoms with Gasteiger partial charge in [-0.3, -0.25) is 4.79 Å². The minimum atomic E-state index is -0.357. The van der Waals surface area contributed by atoms with E-state index in [-0.39, 0.29) is 29.9 Å². The van der Waals surface area contributed by atoms with Gasteiger partial charge in [-0.05, 0) is 43.9 Å². The smallest absolute Gasteiger partial charge is 0.254 e. The summed E-state index contributed by atoms with van der Waals surface area (Å²) < 4.78 is 18.7. The van der Waals surface area contributed by atoms with Gasteiger partial charge < -0.3 is 9.64 Å². The van der Waals surface area contributed by atoms with Crippen molar-refractivity contribution in [2.24, 2.45) is 0 Å². The highest BCUT2D eigenvalue weighted by molar-refractivity contribution is 5.95. The fourth-order valence-electron chi connectivity index (χ4n) is 3.42. The zero-order chi connectivity index (χ0) is 13.4. The second kappa shape index (κ2) is 4.93. The van der Waals surface area contributed by atoms with E-state index < -0.39 is 0 Å². The van der Waals surface area contributed by atoms with Gasteiger partial charge >= 0.3 is 0 Å². The summed E-state index contributed by atoms with van der Waals surface area (Å²) in [5.41, 5.74) is 0.452. The average molecular weight is 263 g/mol. The zero-order valence-electron chi connectivity index (χ0n) is 11.0. The quantitative estimate of drug-likeness (QED) is 0.821. The van der Waals surface area contributed by atoms with Crippen molar-refractivity contribution in [1.29, 1.82) is 0 Å². The number of halogens is 1. The summed E-state index contributed by atoms with van der Waals surface area (Å²) in [5.74, 6) is -0.397. The molecule has 3 nitrogen and oxygen atoms in total. The van der Waals surface area contributed by atoms with Crippen molar-refractivity contribution in [2.75, 3.05) is 7.11 Å². The molecule has 1 amide bonds. The Hall–Kier alpha value is -1.42. The van der Waals surface area contributed by atoms with Crippen LogP contribution in [0.15, 0.2) is 24.3 Å². The molecule has 2 fully saturated rings. The number of ether oxygens (including phenoxy) is 1. The number of methoxy groups -OCH3 is 1. The molecule has 0 N–H and O–H groups in total. The Morgan fingerprint density at radius 2 is 2.00 bits per heavy atom. The van der Waals surface area contributed by atoms with E-state index >= 15 is 0 Å². The number of carbonyl (C=O) groups excluding carboxylic acids is 1. The molecule has 0 aliphatic carbocycles. The van der Waals surface area contributed by atoms with Gasteiger partial charge in [0.15, 0.2) is 0 Å². The van der Waals surface area contributed by atoms with Crippen LogP contribution in [0.25, 0.3) is 0 Å². The minimum Gasteiger partial charge on any atom is -0.381 e. The summed E-state index contributed by atoms with van der Waals surface area (Å²) in [4.78, 5) is 14.5. The molecule has 1 aromatic carbocycles. The molecule has 2 atom stereocenters. The van der Waals surface area contributed by atoms with E-state index in [1.54, 1.807) is 19.2 Å². The van der Waals surface area contributed by atoms with Gasteiger partial charge in [0, 0.05) is 24.8 Å². The number of fused-ring (bicyclic) bond motifs is 2. The molecule has 0 radical (unpaired) electrons. The number of rotatable bonds is 2. The molecule has 2 aliphatic heterocycles. The third kappa shape index (κ3) is 2.25. The van der Waals surface area contributed by atoms with Gasteiger partial charge in [-0.15, -0.1) is 0 Å². The van der Waals surface area contributed by atoms with Crippen LogP contribution in [0.3, 0.4) is 0 Å². The molecule has 0 spiro atoms. The number of carbonyl (C=O) groups is 1. The first-order chi connectivity index (χ1) is 9.19. The predicted molar refractivity (Wildman–Crippen MR) is 69.4 cm³/mol. The lowest BCUT2D eigenvalue weighted by Crippen LogP contribution is -2.48. The van der Waals surface area contributed by atoms with Crippen LogP contribution < -0.4 is 0 Å². The van der Waals surface area contributed by atoms with Gasteiger partial charge in [-0.25, -0.2) is 4.39 Å². The van der Waals surface area contributed by atoms with Gasteiger partial charge in [-0.1, -0.05) is 6.07 Å². The molecule has 19 heavy (non-hydrogen) atoms. The number of nitrogens with zero attached hydrogens (tertiary/aromatic N) is 1. The van der Waals surface area contributed by atoms with Crippen molar-refractivity contribution in [3.8, 4) is 0 Å². The largest absolute Gasteiger partial charge is 0.381 e. The number of hydrogen-bond donors (Lipinski definition) is 0. The van der Waals surface area contributed by atoms with Crippen LogP contribution in [0.4, 0.5) is 4.39 Å². The van der Waals surface area contributed by atoms with Gasteiger partial charge in [0.1, 0.15) is 5.82 Å². The number of amides is 1. The normalized spacial score (nSPS) is 29.6. The van der Waals surface area contributed by atoms with Crippen LogP contribution in [-0.2, 0) is 4.74 Å². The lowest BCUT2D eigenvalue weighted by Gasteiger charge is -2.38. The summed E-state index contributed by atoms with van der Waals surface area (Å²) in [5, 5.41) is 0. The van der Waals surface area contributed by atoms with Crippen LogP contribution >= 0.6 is 0 Å². The van der Waals surface area contributed by atoms with Gasteiger partial charge in [0.05, 0.1) is 6.10 Å². The Balaban J connectivity index is 1.82. The van der Waals surface area contributed by atoms with Crippen LogP contribution in [0.5, 0.6) is 0 Å². The first kappa shape index (κ1) is 12.6. The Morgan fingerprint density at radius 3 is 2.58 bits per heavy atom. The summed E-state index contributed by atoms with van der Waals surface area (Å²) >= 11 is 0. The maximum atomic E-state index is 13.2. The highest BCUT2D eigenvalue weighted by Crippen LogP contribution is 2.37. The van der Waals surface area contributed by atoms with E-state index in [0.717, 1.165) is 25.7 Å². The molecule has 4 heteroatoms. The molecule has 2 unspecified atom stereocenters. The maximum Gasteiger partial charge on any atom is 0.254 e. The van der Waals surface area contributed by atoms with E-state index in [1.807, 2.05) is 4.90 Å². The lowest BCUT2D eigenvalue weighted by atomic mass is 9.98. The van der Waals surface area contributed by atoms with Gasteiger partial charge in [0.25, 0.3) is 5.91 Å². The Kier molecular flexibility index (Phi) is 3.27. The van der Waals surface area contributed by atoms with Crippen molar-refractivity contribution < 1.29 is 13.9 Å². The molecule has 2 aliphatic rings. The summed E-state index contributed by atoms with van der Waals surface area (Å²) in [7, 11) is 1.73. The minimum absolute atomic E-state index is 0.0402. The van der Waals surface area contributed by atoms with Gasteiger partial charge in [-0.2, -0.15) is 0 Å². The third-order valence-electron chi connectivity index (χ3n) is 4.33. The molecular weight excluding hydrogens is 245 g/mol. The molecule has 0 aromatic heterocycles. The highest BCUT2D eigenvalue weighted by atomic mass is 19.1. The van der Waals surface area contributed by atoms with E-state index in [4.69, 9.17) is 4.74 Å². The SMILES string of the molecule is COC1CC2CCC(C1)N2C(=O)c1cccc(F)c1. The molecule has 2 bridgehead atoms. The van der Waals surface area contributed by atoms with Crippen LogP contribution in [0.2, 0.25) is 0 Å². The molecule has 0 saturated carbocycles. The second-order valence-corrected chi connectivity index (χ2v) is 5.44. The monoisotopic (exact) mass is 263 g/mol. The number of benzene rings is 1. The Bertz CT molecular complexity index is 477. The zero-order valence-corrected chi connectivity index (χ0v) is 11.0. The van der Waals surface area contributed by atoms with Crippen LogP contribution in [0.1, 0.15) is 36.0 Å². The van der Waals surface area contributed by atoms with E-state index in [2.05, 4.69) is 0 Å². The fourth-order valence-corrected chi connectivity index (χ4v) is 3.42. The first-order valence-electron chi connectivity index (χ1n) is 6.80. The van der Waals surface area contributed by atoms with Crippen LogP contribution in [-0.4, -0.2) is 36.1 Å². The average Bonchev–Trinajstić information content (AvgIpc) is 2.68. The summed E-state index contributed by atoms with van der Waals surface area (Å²) in [6, 6.07) is 6.46. The maximum absolute atomic E-state index is 13.2. The molecular formula is C15H18FNO2. The lowest BCUT2D eigenvalue weighted by molar-refractivity contribution is 0.00820. The Labute approximate surface area is 112 Å². The van der Waals surface area contributed by atoms with Crippen molar-refractivity contribution in [3.63, 3.8) is 0 Å². The number of piperidine rings is 1. The van der Waals surface area contributed by atoms with Crippen LogP contribution in [0, 0.1) is 5.82 Å². The molecule has 3 rings (SSSR count). The third-order valence-corrected chi connectivity index (χ3v) is 4.33. The van der Waals surface area contributed by atoms with Crippen molar-refractivity contribution in [2.45, 2.75) is 43.9 Å². The molecule has 2 heterocycles. The molecule has 2 saturated heterocycles. The second-order valence-electron chi connectivity index (χ2n) is 5.44. The predicted octanol–water partition coefficient (Wildman–Crippen LogP) is 2.61. The van der Waals surface area contributed by atoms with Crippen molar-refractivity contribution >= 4 is 5.91 Å². The highest BCUT2D eigenvalue weighted by Gasteiger charge is 2.43. The van der Waals surface area contributed by atoms with Gasteiger partial charge in [0.2, 0.25) is 0 Å². The van der Waals surface area contributed by atoms with E-state index in [0.29, 0.717) is 5.56 Å². The summed E-state index contributed by atoms with van der Waals surface area (Å²) in [6.45, 7) is 0. The number of hydrogen-bond acceptors (Lipinski definition) is 2.